The van der Waals surface area contributed by atoms with Gasteiger partial charge in [-0.1, -0.05) is 78.7 Å². The average molecular weight is 841 g/mol. The van der Waals surface area contributed by atoms with Gasteiger partial charge in [-0.3, -0.25) is 4.79 Å². The topological polar surface area (TPSA) is 140 Å². The Hall–Kier alpha value is -4.59. The number of rotatable bonds is 24. The monoisotopic (exact) mass is 840 g/mol. The molecule has 0 saturated heterocycles. The third kappa shape index (κ3) is 10.4. The molecule has 12 heteroatoms. The number of nitrogens with zero attached hydrogens (tertiary/aromatic N) is 2. The van der Waals surface area contributed by atoms with Crippen LogP contribution in [-0.4, -0.2) is 89.9 Å². The number of aliphatic hydroxyl groups is 3. The zero-order valence-corrected chi connectivity index (χ0v) is 35.0. The summed E-state index contributed by atoms with van der Waals surface area (Å²) in [4.78, 5) is 22.6. The Bertz CT molecular complexity index is 1970. The second-order valence-corrected chi connectivity index (χ2v) is 16.6. The molecule has 1 amide bonds. The van der Waals surface area contributed by atoms with Crippen LogP contribution in [0, 0.1) is 29.5 Å². The number of oxime groups is 1. The largest absolute Gasteiger partial charge is 0.489 e. The van der Waals surface area contributed by atoms with E-state index in [1.165, 1.54) is 6.07 Å². The quantitative estimate of drug-likeness (QED) is 0.0476. The summed E-state index contributed by atoms with van der Waals surface area (Å²) in [6.45, 7) is 5.08. The van der Waals surface area contributed by atoms with Gasteiger partial charge in [-0.25, -0.2) is 4.39 Å². The molecule has 3 aromatic carbocycles. The van der Waals surface area contributed by atoms with Crippen LogP contribution in [0.15, 0.2) is 102 Å². The lowest BCUT2D eigenvalue weighted by Gasteiger charge is -2.60. The molecule has 0 radical (unpaired) electrons. The summed E-state index contributed by atoms with van der Waals surface area (Å²) in [6.07, 6.45) is 10.4. The molecule has 6 atom stereocenters. The number of benzene rings is 3. The van der Waals surface area contributed by atoms with Crippen molar-refractivity contribution in [2.24, 2.45) is 28.8 Å². The van der Waals surface area contributed by atoms with Crippen molar-refractivity contribution in [1.29, 1.82) is 0 Å². The Morgan fingerprint density at radius 1 is 0.934 bits per heavy atom. The number of carbonyl (C=O) groups excluding carboxylic acids is 1. The molecule has 0 spiro atoms. The van der Waals surface area contributed by atoms with Crippen LogP contribution in [0.3, 0.4) is 0 Å². The van der Waals surface area contributed by atoms with Crippen LogP contribution < -0.4 is 9.47 Å². The maximum Gasteiger partial charge on any atom is 0.239 e. The molecule has 11 nitrogen and oxygen atoms in total. The average Bonchev–Trinajstić information content (AvgIpc) is 4.13. The molecule has 61 heavy (non-hydrogen) atoms. The predicted octanol–water partition coefficient (Wildman–Crippen LogP) is 7.49. The first-order valence-electron chi connectivity index (χ1n) is 22.0. The molecule has 3 N–H and O–H groups in total. The van der Waals surface area contributed by atoms with Gasteiger partial charge in [0.2, 0.25) is 11.7 Å². The van der Waals surface area contributed by atoms with Crippen LogP contribution in [0.5, 0.6) is 11.5 Å². The van der Waals surface area contributed by atoms with E-state index < -0.39 is 17.7 Å². The van der Waals surface area contributed by atoms with Crippen molar-refractivity contribution in [3.8, 4) is 11.5 Å². The number of aliphatic hydroxyl groups excluding tert-OH is 3. The number of hydrogen-bond donors (Lipinski definition) is 3. The number of halogens is 1. The lowest BCUT2D eigenvalue weighted by atomic mass is 9.55. The van der Waals surface area contributed by atoms with Gasteiger partial charge < -0.3 is 44.0 Å². The highest BCUT2D eigenvalue weighted by Crippen LogP contribution is 2.62. The molecule has 0 aromatic heterocycles. The maximum atomic E-state index is 14.8. The fourth-order valence-electron chi connectivity index (χ4n) is 9.59. The van der Waals surface area contributed by atoms with E-state index in [-0.39, 0.29) is 101 Å². The maximum absolute atomic E-state index is 14.8. The number of fused-ring (bicyclic) bond motifs is 2. The second-order valence-electron chi connectivity index (χ2n) is 16.6. The Kier molecular flexibility index (Phi) is 15.7. The molecule has 4 aliphatic rings. The number of allylic oxidation sites excluding steroid dienone is 1. The Labute approximate surface area is 358 Å². The summed E-state index contributed by atoms with van der Waals surface area (Å²) >= 11 is 0. The van der Waals surface area contributed by atoms with Crippen LogP contribution in [0.1, 0.15) is 80.4 Å². The van der Waals surface area contributed by atoms with E-state index in [0.717, 1.165) is 55.2 Å². The molecule has 3 aromatic rings. The fourth-order valence-corrected chi connectivity index (χ4v) is 9.59. The van der Waals surface area contributed by atoms with E-state index >= 15 is 0 Å². The molecule has 2 fully saturated rings. The molecule has 0 bridgehead atoms. The zero-order valence-electron chi connectivity index (χ0n) is 35.0. The van der Waals surface area contributed by atoms with Gasteiger partial charge in [0.25, 0.3) is 0 Å². The summed E-state index contributed by atoms with van der Waals surface area (Å²) in [5.41, 5.74) is 3.96. The molecular formula is C49H61FN2O9. The Balaban J connectivity index is 1.40. The summed E-state index contributed by atoms with van der Waals surface area (Å²) in [7, 11) is 0. The second kappa shape index (κ2) is 21.5. The highest BCUT2D eigenvalue weighted by molar-refractivity contribution is 6.03. The summed E-state index contributed by atoms with van der Waals surface area (Å²) < 4.78 is 41.3. The van der Waals surface area contributed by atoms with Crippen LogP contribution in [-0.2, 0) is 32.3 Å². The van der Waals surface area contributed by atoms with Crippen LogP contribution in [0.2, 0.25) is 0 Å². The number of unbranched alkanes of at least 4 members (excludes halogenated alkanes) is 2. The van der Waals surface area contributed by atoms with Gasteiger partial charge >= 0.3 is 0 Å². The normalized spacial score (nSPS) is 24.6. The third-order valence-electron chi connectivity index (χ3n) is 12.5. The van der Waals surface area contributed by atoms with E-state index in [0.29, 0.717) is 35.6 Å². The van der Waals surface area contributed by atoms with Crippen LogP contribution in [0.25, 0.3) is 0 Å². The van der Waals surface area contributed by atoms with E-state index in [2.05, 4.69) is 12.7 Å². The SMILES string of the molecule is C=CCO[C@@]12Oc3ccc(OCc4ccccc4F)cc3[C@H]3[C@H](CCCCO)[C@@H](CCCCO)C=C(C(=NOCc4ccccc4)C[C@@H]1N(CCOCCO)C(=O)C1CC1)[C@H]32. The first-order valence-corrected chi connectivity index (χ1v) is 22.0. The number of ether oxygens (including phenoxy) is 4. The lowest BCUT2D eigenvalue weighted by Crippen LogP contribution is -2.70. The number of hydrogen-bond acceptors (Lipinski definition) is 10. The van der Waals surface area contributed by atoms with Gasteiger partial charge in [-0.05, 0) is 85.8 Å². The number of amides is 1. The fraction of sp³-hybridized carbons (Fsp3) is 0.510. The van der Waals surface area contributed by atoms with E-state index in [9.17, 15) is 24.5 Å². The van der Waals surface area contributed by atoms with Crippen molar-refractivity contribution in [2.75, 3.05) is 46.2 Å². The van der Waals surface area contributed by atoms with Crippen molar-refractivity contribution in [3.63, 3.8) is 0 Å². The van der Waals surface area contributed by atoms with Gasteiger partial charge in [0.05, 0.1) is 38.1 Å². The molecule has 0 unspecified atom stereocenters. The van der Waals surface area contributed by atoms with Crippen molar-refractivity contribution in [2.45, 2.75) is 88.7 Å². The van der Waals surface area contributed by atoms with Gasteiger partial charge in [0, 0.05) is 49.1 Å². The zero-order chi connectivity index (χ0) is 42.6. The highest BCUT2D eigenvalue weighted by Gasteiger charge is 2.66. The van der Waals surface area contributed by atoms with E-state index in [1.54, 1.807) is 24.3 Å². The van der Waals surface area contributed by atoms with Gasteiger partial charge in [-0.15, -0.1) is 6.58 Å². The highest BCUT2D eigenvalue weighted by atomic mass is 19.1. The van der Waals surface area contributed by atoms with Gasteiger partial charge in [-0.2, -0.15) is 0 Å². The Morgan fingerprint density at radius 2 is 1.70 bits per heavy atom. The minimum Gasteiger partial charge on any atom is -0.489 e. The van der Waals surface area contributed by atoms with Gasteiger partial charge in [0.15, 0.2) is 0 Å². The molecule has 3 aliphatic carbocycles. The van der Waals surface area contributed by atoms with Crippen LogP contribution in [0.4, 0.5) is 4.39 Å². The third-order valence-corrected chi connectivity index (χ3v) is 12.5. The summed E-state index contributed by atoms with van der Waals surface area (Å²) in [5, 5.41) is 34.3. The van der Waals surface area contributed by atoms with E-state index in [1.807, 2.05) is 53.4 Å². The summed E-state index contributed by atoms with van der Waals surface area (Å²) in [5.74, 6) is -1.36. The first kappa shape index (κ1) is 44.5. The molecule has 1 heterocycles. The van der Waals surface area contributed by atoms with Crippen LogP contribution >= 0.6 is 0 Å². The predicted molar refractivity (Wildman–Crippen MR) is 229 cm³/mol. The molecule has 7 rings (SSSR count). The first-order chi connectivity index (χ1) is 29.9. The smallest absolute Gasteiger partial charge is 0.239 e. The summed E-state index contributed by atoms with van der Waals surface area (Å²) in [6, 6.07) is 21.5. The van der Waals surface area contributed by atoms with Crippen molar-refractivity contribution < 1.29 is 48.3 Å². The molecular weight excluding hydrogens is 780 g/mol. The standard InChI is InChI=1S/C49H61FN2O9/c1-2-26-59-49-45(52(22-27-57-28-25-55)48(56)35-18-19-35)31-43(51-60-32-34-12-4-3-5-13-34)40-29-36(14-8-10-23-53)39(16-9-11-24-54)46(47(40)49)41-30-38(20-21-44(41)61-49)58-33-37-15-6-7-17-42(37)50/h2-7,12-13,15,17,20-21,29-30,35-36,39,45-47,53-55H,1,8-11,14,16,18-19,22-28,31-33H2/t36-,39+,45-,46+,47+,49+/m0/s1. The minimum absolute atomic E-state index is 0.00353. The van der Waals surface area contributed by atoms with Crippen molar-refractivity contribution >= 4 is 11.6 Å². The number of carbonyl (C=O) groups is 1. The Morgan fingerprint density at radius 3 is 2.44 bits per heavy atom. The molecule has 1 aliphatic heterocycles. The molecule has 2 saturated carbocycles. The molecule has 328 valence electrons. The lowest BCUT2D eigenvalue weighted by molar-refractivity contribution is -0.258. The van der Waals surface area contributed by atoms with Crippen molar-refractivity contribution in [1.82, 2.24) is 4.90 Å². The van der Waals surface area contributed by atoms with Crippen molar-refractivity contribution in [3.05, 3.63) is 120 Å². The minimum atomic E-state index is -1.40. The van der Waals surface area contributed by atoms with Gasteiger partial charge in [0.1, 0.15) is 36.6 Å². The van der Waals surface area contributed by atoms with E-state index in [4.69, 9.17) is 28.9 Å².